The van der Waals surface area contributed by atoms with Crippen LogP contribution in [-0.2, 0) is 20.8 Å². The minimum absolute atomic E-state index is 0.0930. The van der Waals surface area contributed by atoms with E-state index in [4.69, 9.17) is 8.92 Å². The molecule has 0 spiro atoms. The van der Waals surface area contributed by atoms with E-state index in [9.17, 15) is 13.2 Å². The van der Waals surface area contributed by atoms with Crippen molar-refractivity contribution < 1.29 is 22.1 Å². The number of aldehydes is 1. The van der Waals surface area contributed by atoms with Gasteiger partial charge in [-0.15, -0.1) is 0 Å². The molecule has 8 nitrogen and oxygen atoms in total. The predicted molar refractivity (Wildman–Crippen MR) is 119 cm³/mol. The molecule has 0 aliphatic rings. The SMILES string of the molecule is COc1ccc2c(c1)c(C=O)c(-c1cncnc1)n2CCOS(=O)(=O)c1ccc(C)cc1. The summed E-state index contributed by atoms with van der Waals surface area (Å²) < 4.78 is 37.6. The summed E-state index contributed by atoms with van der Waals surface area (Å²) in [7, 11) is -2.36. The van der Waals surface area contributed by atoms with Gasteiger partial charge in [0.05, 0.1) is 24.3 Å². The zero-order valence-corrected chi connectivity index (χ0v) is 18.4. The summed E-state index contributed by atoms with van der Waals surface area (Å²) in [6.45, 7) is 1.94. The van der Waals surface area contributed by atoms with Gasteiger partial charge in [0, 0.05) is 41.0 Å². The second kappa shape index (κ2) is 8.89. The molecule has 164 valence electrons. The van der Waals surface area contributed by atoms with Crippen LogP contribution < -0.4 is 4.74 Å². The van der Waals surface area contributed by atoms with Crippen LogP contribution in [0.4, 0.5) is 0 Å². The van der Waals surface area contributed by atoms with Crippen LogP contribution in [0.25, 0.3) is 22.2 Å². The number of benzene rings is 2. The third-order valence-corrected chi connectivity index (χ3v) is 6.45. The van der Waals surface area contributed by atoms with Crippen LogP contribution in [0.3, 0.4) is 0 Å². The molecular formula is C23H21N3O5S. The quantitative estimate of drug-likeness (QED) is 0.298. The molecule has 2 aromatic carbocycles. The predicted octanol–water partition coefficient (Wildman–Crippen LogP) is 3.63. The number of methoxy groups -OCH3 is 1. The fourth-order valence-electron chi connectivity index (χ4n) is 3.58. The zero-order chi connectivity index (χ0) is 22.7. The molecule has 0 bridgehead atoms. The summed E-state index contributed by atoms with van der Waals surface area (Å²) >= 11 is 0. The molecular weight excluding hydrogens is 430 g/mol. The third-order valence-electron chi connectivity index (χ3n) is 5.12. The smallest absolute Gasteiger partial charge is 0.297 e. The highest BCUT2D eigenvalue weighted by molar-refractivity contribution is 7.86. The molecule has 0 amide bonds. The third kappa shape index (κ3) is 4.12. The van der Waals surface area contributed by atoms with Crippen molar-refractivity contribution in [2.75, 3.05) is 13.7 Å². The Morgan fingerprint density at radius 3 is 2.44 bits per heavy atom. The van der Waals surface area contributed by atoms with Gasteiger partial charge in [-0.25, -0.2) is 9.97 Å². The number of nitrogens with zero attached hydrogens (tertiary/aromatic N) is 3. The number of aromatic nitrogens is 3. The van der Waals surface area contributed by atoms with Crippen LogP contribution in [0.15, 0.2) is 66.1 Å². The molecule has 9 heteroatoms. The van der Waals surface area contributed by atoms with E-state index >= 15 is 0 Å². The normalized spacial score (nSPS) is 11.6. The highest BCUT2D eigenvalue weighted by atomic mass is 32.2. The van der Waals surface area contributed by atoms with E-state index in [0.717, 1.165) is 17.4 Å². The lowest BCUT2D eigenvalue weighted by atomic mass is 10.1. The number of rotatable bonds is 8. The van der Waals surface area contributed by atoms with E-state index in [1.165, 1.54) is 18.5 Å². The van der Waals surface area contributed by atoms with Crippen LogP contribution >= 0.6 is 0 Å². The van der Waals surface area contributed by atoms with Gasteiger partial charge in [-0.1, -0.05) is 17.7 Å². The summed E-state index contributed by atoms with van der Waals surface area (Å²) in [4.78, 5) is 20.3. The van der Waals surface area contributed by atoms with E-state index in [2.05, 4.69) is 9.97 Å². The highest BCUT2D eigenvalue weighted by Gasteiger charge is 2.21. The first-order chi connectivity index (χ1) is 15.4. The Kier molecular flexibility index (Phi) is 6.02. The van der Waals surface area contributed by atoms with E-state index in [1.54, 1.807) is 43.8 Å². The van der Waals surface area contributed by atoms with E-state index in [0.29, 0.717) is 28.0 Å². The largest absolute Gasteiger partial charge is 0.497 e. The molecule has 0 N–H and O–H groups in total. The maximum absolute atomic E-state index is 12.6. The van der Waals surface area contributed by atoms with E-state index in [-0.39, 0.29) is 18.0 Å². The van der Waals surface area contributed by atoms with Crippen LogP contribution in [0.1, 0.15) is 15.9 Å². The molecule has 0 aliphatic heterocycles. The Balaban J connectivity index is 1.73. The standard InChI is InChI=1S/C23H21N3O5S/c1-16-3-6-19(7-4-16)32(28,29)31-10-9-26-22-8-5-18(30-2)11-20(22)21(14-27)23(26)17-12-24-15-25-13-17/h3-8,11-15H,9-10H2,1-2H3. The average molecular weight is 452 g/mol. The van der Waals surface area contributed by atoms with Gasteiger partial charge in [-0.3, -0.25) is 8.98 Å². The second-order valence-corrected chi connectivity index (χ2v) is 8.75. The van der Waals surface area contributed by atoms with Crippen LogP contribution in [0, 0.1) is 6.92 Å². The topological polar surface area (TPSA) is 100 Å². The Hall–Kier alpha value is -3.56. The monoisotopic (exact) mass is 451 g/mol. The Morgan fingerprint density at radius 2 is 1.78 bits per heavy atom. The lowest BCUT2D eigenvalue weighted by Gasteiger charge is -2.12. The number of hydrogen-bond donors (Lipinski definition) is 0. The highest BCUT2D eigenvalue weighted by Crippen LogP contribution is 2.34. The van der Waals surface area contributed by atoms with Gasteiger partial charge in [0.1, 0.15) is 12.1 Å². The summed E-state index contributed by atoms with van der Waals surface area (Å²) in [6.07, 6.45) is 5.37. The van der Waals surface area contributed by atoms with Crippen molar-refractivity contribution in [3.63, 3.8) is 0 Å². The first kappa shape index (κ1) is 21.7. The second-order valence-electron chi connectivity index (χ2n) is 7.13. The molecule has 0 saturated heterocycles. The maximum atomic E-state index is 12.6. The van der Waals surface area contributed by atoms with Crippen molar-refractivity contribution in [3.8, 4) is 17.0 Å². The zero-order valence-electron chi connectivity index (χ0n) is 17.6. The number of hydrogen-bond acceptors (Lipinski definition) is 7. The molecule has 0 atom stereocenters. The van der Waals surface area contributed by atoms with Gasteiger partial charge < -0.3 is 9.30 Å². The van der Waals surface area contributed by atoms with Gasteiger partial charge in [-0.2, -0.15) is 8.42 Å². The summed E-state index contributed by atoms with van der Waals surface area (Å²) in [5, 5.41) is 0.680. The minimum atomic E-state index is -3.91. The fraction of sp³-hybridized carbons (Fsp3) is 0.174. The number of carbonyl (C=O) groups excluding carboxylic acids is 1. The van der Waals surface area contributed by atoms with Crippen molar-refractivity contribution in [2.24, 2.45) is 0 Å². The molecule has 2 heterocycles. The molecule has 32 heavy (non-hydrogen) atoms. The van der Waals surface area contributed by atoms with Gasteiger partial charge in [0.15, 0.2) is 6.29 Å². The van der Waals surface area contributed by atoms with Gasteiger partial charge in [0.25, 0.3) is 10.1 Å². The molecule has 0 fully saturated rings. The van der Waals surface area contributed by atoms with E-state index in [1.807, 2.05) is 17.6 Å². The molecule has 0 radical (unpaired) electrons. The first-order valence-corrected chi connectivity index (χ1v) is 11.2. The fourth-order valence-corrected chi connectivity index (χ4v) is 4.48. The Bertz CT molecular complexity index is 1360. The lowest BCUT2D eigenvalue weighted by molar-refractivity contribution is 0.112. The average Bonchev–Trinajstić information content (AvgIpc) is 3.12. The Labute approximate surface area is 185 Å². The Morgan fingerprint density at radius 1 is 1.06 bits per heavy atom. The van der Waals surface area contributed by atoms with Gasteiger partial charge in [-0.05, 0) is 37.3 Å². The van der Waals surface area contributed by atoms with E-state index < -0.39 is 10.1 Å². The van der Waals surface area contributed by atoms with Crippen molar-refractivity contribution in [3.05, 3.63) is 72.3 Å². The van der Waals surface area contributed by atoms with Crippen LogP contribution in [-0.4, -0.2) is 43.0 Å². The number of fused-ring (bicyclic) bond motifs is 1. The number of ether oxygens (including phenoxy) is 1. The number of carbonyl (C=O) groups is 1. The van der Waals surface area contributed by atoms with Crippen molar-refractivity contribution in [1.29, 1.82) is 0 Å². The van der Waals surface area contributed by atoms with Crippen LogP contribution in [0.2, 0.25) is 0 Å². The van der Waals surface area contributed by atoms with Crippen molar-refractivity contribution >= 4 is 27.3 Å². The molecule has 0 saturated carbocycles. The van der Waals surface area contributed by atoms with Crippen LogP contribution in [0.5, 0.6) is 5.75 Å². The molecule has 2 aromatic heterocycles. The maximum Gasteiger partial charge on any atom is 0.297 e. The van der Waals surface area contributed by atoms with Crippen molar-refractivity contribution in [1.82, 2.24) is 14.5 Å². The molecule has 4 rings (SSSR count). The number of aryl methyl sites for hydroxylation is 1. The summed E-state index contributed by atoms with van der Waals surface area (Å²) in [5.74, 6) is 0.604. The summed E-state index contributed by atoms with van der Waals surface area (Å²) in [5.41, 5.74) is 3.35. The van der Waals surface area contributed by atoms with Gasteiger partial charge in [0.2, 0.25) is 0 Å². The molecule has 0 aliphatic carbocycles. The first-order valence-electron chi connectivity index (χ1n) is 9.81. The molecule has 0 unspecified atom stereocenters. The minimum Gasteiger partial charge on any atom is -0.497 e. The summed E-state index contributed by atoms with van der Waals surface area (Å²) in [6, 6.07) is 11.8. The molecule has 4 aromatic rings. The van der Waals surface area contributed by atoms with Crippen molar-refractivity contribution in [2.45, 2.75) is 18.4 Å². The lowest BCUT2D eigenvalue weighted by Crippen LogP contribution is -2.13. The van der Waals surface area contributed by atoms with Gasteiger partial charge >= 0.3 is 0 Å².